The van der Waals surface area contributed by atoms with Gasteiger partial charge in [0.05, 0.1) is 0 Å². The molecule has 288 valence electrons. The predicted octanol–water partition coefficient (Wildman–Crippen LogP) is 14.7. The molecule has 1 saturated carbocycles. The van der Waals surface area contributed by atoms with Gasteiger partial charge in [-0.1, -0.05) is 138 Å². The number of hydrogen-bond acceptors (Lipinski definition) is 1. The number of allylic oxidation sites excluding steroid dienone is 26. The summed E-state index contributed by atoms with van der Waals surface area (Å²) in [4.78, 5) is 1.63. The number of rotatable bonds is 6. The van der Waals surface area contributed by atoms with Crippen molar-refractivity contribution in [2.24, 2.45) is 58.7 Å². The minimum Gasteiger partial charge on any atom is -0.118 e. The van der Waals surface area contributed by atoms with E-state index in [9.17, 15) is 0 Å². The Labute approximate surface area is 342 Å². The summed E-state index contributed by atoms with van der Waals surface area (Å²) in [6.07, 6.45) is 71.2. The molecule has 0 radical (unpaired) electrons. The monoisotopic (exact) mass is 754 g/mol. The summed E-state index contributed by atoms with van der Waals surface area (Å²) in [5, 5.41) is 0.537. The van der Waals surface area contributed by atoms with E-state index in [4.69, 9.17) is 0 Å². The van der Waals surface area contributed by atoms with E-state index in [2.05, 4.69) is 133 Å². The van der Waals surface area contributed by atoms with Gasteiger partial charge in [-0.3, -0.25) is 0 Å². The van der Waals surface area contributed by atoms with Crippen molar-refractivity contribution in [3.8, 4) is 0 Å². The third-order valence-electron chi connectivity index (χ3n) is 16.7. The van der Waals surface area contributed by atoms with Crippen molar-refractivity contribution in [3.63, 3.8) is 0 Å². The van der Waals surface area contributed by atoms with Crippen molar-refractivity contribution >= 4 is 11.8 Å². The zero-order valence-corrected chi connectivity index (χ0v) is 34.4. The Morgan fingerprint density at radius 1 is 0.661 bits per heavy atom. The van der Waals surface area contributed by atoms with Gasteiger partial charge in [-0.2, -0.15) is 0 Å². The van der Waals surface area contributed by atoms with E-state index in [1.54, 1.807) is 32.8 Å². The van der Waals surface area contributed by atoms with Crippen molar-refractivity contribution < 1.29 is 0 Å². The second kappa shape index (κ2) is 15.1. The Bertz CT molecular complexity index is 2050. The first-order valence-electron chi connectivity index (χ1n) is 23.0. The molecule has 56 heavy (non-hydrogen) atoms. The SMILES string of the molecule is C1=CCCC(C2=CC=C(C(CC3C=CC4C5C6=C(C=CCC6)C=CC5C5(C6=C(C=CCC6)SC6C=CC=CC65)C4C3)C3=CCCC(C4CC=CCC4)C3)CC2)=C1. The lowest BCUT2D eigenvalue weighted by atomic mass is 9.53. The van der Waals surface area contributed by atoms with Crippen LogP contribution in [-0.4, -0.2) is 5.25 Å². The van der Waals surface area contributed by atoms with Gasteiger partial charge in [-0.05, 0) is 166 Å². The lowest BCUT2D eigenvalue weighted by molar-refractivity contribution is 0.102. The van der Waals surface area contributed by atoms with Gasteiger partial charge >= 0.3 is 0 Å². The maximum Gasteiger partial charge on any atom is 0.0349 e. The Kier molecular flexibility index (Phi) is 9.69. The fraction of sp³-hybridized carbons (Fsp3) is 0.491. The number of hydrogen-bond donors (Lipinski definition) is 0. The first kappa shape index (κ1) is 35.8. The molecule has 0 saturated heterocycles. The van der Waals surface area contributed by atoms with Crippen LogP contribution in [-0.2, 0) is 0 Å². The second-order valence-electron chi connectivity index (χ2n) is 19.2. The smallest absolute Gasteiger partial charge is 0.0349 e. The summed E-state index contributed by atoms with van der Waals surface area (Å²) in [7, 11) is 0. The van der Waals surface area contributed by atoms with E-state index in [1.165, 1.54) is 103 Å². The lowest BCUT2D eigenvalue weighted by Crippen LogP contribution is -2.49. The Balaban J connectivity index is 0.976. The Morgan fingerprint density at radius 3 is 2.45 bits per heavy atom. The van der Waals surface area contributed by atoms with Gasteiger partial charge in [-0.15, -0.1) is 11.8 Å². The summed E-state index contributed by atoms with van der Waals surface area (Å²) >= 11 is 2.19. The summed E-state index contributed by atoms with van der Waals surface area (Å²) in [6, 6.07) is 0. The van der Waals surface area contributed by atoms with E-state index in [-0.39, 0.29) is 5.41 Å². The highest BCUT2D eigenvalue weighted by molar-refractivity contribution is 8.04. The second-order valence-corrected chi connectivity index (χ2v) is 20.5. The van der Waals surface area contributed by atoms with E-state index in [0.717, 1.165) is 11.8 Å². The highest BCUT2D eigenvalue weighted by Gasteiger charge is 2.66. The Morgan fingerprint density at radius 2 is 1.55 bits per heavy atom. The maximum atomic E-state index is 2.84. The van der Waals surface area contributed by atoms with Crippen molar-refractivity contribution in [1.29, 1.82) is 0 Å². The summed E-state index contributed by atoms with van der Waals surface area (Å²) in [5.74, 6) is 6.04. The molecule has 1 heteroatoms. The van der Waals surface area contributed by atoms with Crippen molar-refractivity contribution in [1.82, 2.24) is 0 Å². The van der Waals surface area contributed by atoms with Gasteiger partial charge in [0.2, 0.25) is 0 Å². The first-order valence-corrected chi connectivity index (χ1v) is 23.9. The van der Waals surface area contributed by atoms with Crippen LogP contribution in [0.2, 0.25) is 0 Å². The lowest BCUT2D eigenvalue weighted by Gasteiger charge is -2.55. The molecule has 1 fully saturated rings. The zero-order chi connectivity index (χ0) is 37.1. The molecular formula is C55H62S. The van der Waals surface area contributed by atoms with Crippen LogP contribution in [0, 0.1) is 58.7 Å². The van der Waals surface area contributed by atoms with Crippen LogP contribution in [0.1, 0.15) is 103 Å². The van der Waals surface area contributed by atoms with E-state index >= 15 is 0 Å². The zero-order valence-electron chi connectivity index (χ0n) is 33.5. The van der Waals surface area contributed by atoms with Crippen LogP contribution in [0.25, 0.3) is 0 Å². The van der Waals surface area contributed by atoms with Crippen molar-refractivity contribution in [2.75, 3.05) is 0 Å². The maximum absolute atomic E-state index is 2.84. The molecule has 1 heterocycles. The molecule has 0 N–H and O–H groups in total. The molecule has 0 aromatic rings. The van der Waals surface area contributed by atoms with E-state index < -0.39 is 0 Å². The molecule has 0 aromatic carbocycles. The highest BCUT2D eigenvalue weighted by atomic mass is 32.2. The first-order chi connectivity index (χ1) is 27.8. The van der Waals surface area contributed by atoms with Crippen molar-refractivity contribution in [3.05, 3.63) is 165 Å². The predicted molar refractivity (Wildman–Crippen MR) is 239 cm³/mol. The average molecular weight is 755 g/mol. The van der Waals surface area contributed by atoms with Gasteiger partial charge in [0, 0.05) is 27.4 Å². The van der Waals surface area contributed by atoms with Gasteiger partial charge in [0.15, 0.2) is 0 Å². The van der Waals surface area contributed by atoms with Gasteiger partial charge in [-0.25, -0.2) is 0 Å². The normalized spacial score (nSPS) is 39.7. The quantitative estimate of drug-likeness (QED) is 0.243. The van der Waals surface area contributed by atoms with E-state index in [1.807, 2.05) is 11.1 Å². The fourth-order valence-corrected chi connectivity index (χ4v) is 15.9. The van der Waals surface area contributed by atoms with Crippen LogP contribution in [0.4, 0.5) is 0 Å². The standard InChI is InChI=1S/C55H62S/c1-3-14-38(15-4-1)40-27-29-42(30-28-40)47(44-20-13-19-43(36-44)39-16-5-2-6-17-39)34-37-26-32-46-51(35-37)55(50-33-31-41-18-7-8-21-45(41)54(46)50)48-22-9-11-24-52(48)56-53-25-12-10-23-49(53)55/h1-3,5,7,9,11-12,14,18,20,22,24-27,29,31-33,37,39,43,46-48,50-52,54H,4,6,8,10,13,15-17,19,21,23,28,30,34-36H2. The van der Waals surface area contributed by atoms with Crippen LogP contribution in [0.3, 0.4) is 0 Å². The average Bonchev–Trinajstić information content (AvgIpc) is 3.56. The summed E-state index contributed by atoms with van der Waals surface area (Å²) in [6.45, 7) is 0. The largest absolute Gasteiger partial charge is 0.118 e. The Hall–Kier alpha value is -3.29. The molecule has 11 atom stereocenters. The van der Waals surface area contributed by atoms with E-state index in [0.29, 0.717) is 46.7 Å². The molecule has 0 nitrogen and oxygen atoms in total. The molecule has 0 aromatic heterocycles. The van der Waals surface area contributed by atoms with Crippen LogP contribution < -0.4 is 0 Å². The topological polar surface area (TPSA) is 0 Å². The van der Waals surface area contributed by atoms with Crippen LogP contribution in [0.5, 0.6) is 0 Å². The third-order valence-corrected chi connectivity index (χ3v) is 18.1. The van der Waals surface area contributed by atoms with Gasteiger partial charge in [0.25, 0.3) is 0 Å². The molecule has 11 rings (SSSR count). The minimum atomic E-state index is 0.189. The molecule has 1 spiro atoms. The van der Waals surface area contributed by atoms with Crippen molar-refractivity contribution in [2.45, 2.75) is 108 Å². The summed E-state index contributed by atoms with van der Waals surface area (Å²) < 4.78 is 0. The molecule has 0 bridgehead atoms. The molecule has 1 aliphatic heterocycles. The number of thioether (sulfide) groups is 1. The highest BCUT2D eigenvalue weighted by Crippen LogP contribution is 2.73. The minimum absolute atomic E-state index is 0.189. The molecule has 10 aliphatic carbocycles. The molecule has 11 aliphatic rings. The van der Waals surface area contributed by atoms with Crippen LogP contribution in [0.15, 0.2) is 165 Å². The van der Waals surface area contributed by atoms with Gasteiger partial charge in [0.1, 0.15) is 0 Å². The summed E-state index contributed by atoms with van der Waals surface area (Å²) in [5.41, 5.74) is 12.1. The number of fused-ring (bicyclic) bond motifs is 9. The third kappa shape index (κ3) is 6.07. The fourth-order valence-electron chi connectivity index (χ4n) is 14.4. The molecular weight excluding hydrogens is 693 g/mol. The van der Waals surface area contributed by atoms with Gasteiger partial charge < -0.3 is 0 Å². The molecule has 0 amide bonds. The molecule has 11 unspecified atom stereocenters. The van der Waals surface area contributed by atoms with Crippen LogP contribution >= 0.6 is 11.8 Å².